The molecule has 2 N–H and O–H groups in total. The molecule has 0 saturated heterocycles. The van der Waals surface area contributed by atoms with E-state index in [0.717, 1.165) is 30.7 Å². The summed E-state index contributed by atoms with van der Waals surface area (Å²) in [6, 6.07) is 4.44. The summed E-state index contributed by atoms with van der Waals surface area (Å²) in [5.74, 6) is 0.534. The first-order valence-corrected chi connectivity index (χ1v) is 9.69. The highest BCUT2D eigenvalue weighted by Gasteiger charge is 2.31. The van der Waals surface area contributed by atoms with Crippen LogP contribution in [0.15, 0.2) is 16.3 Å². The SMILES string of the molecule is CC(NS(=O)(=O)c1ccc(CCNC2CC2)s1)C1CC1. The molecule has 0 spiro atoms. The van der Waals surface area contributed by atoms with Crippen molar-refractivity contribution < 1.29 is 8.42 Å². The minimum absolute atomic E-state index is 0.0575. The maximum absolute atomic E-state index is 12.3. The zero-order valence-corrected chi connectivity index (χ0v) is 13.4. The van der Waals surface area contributed by atoms with Crippen LogP contribution in [0.1, 0.15) is 37.5 Å². The Kier molecular flexibility index (Phi) is 4.17. The van der Waals surface area contributed by atoms with E-state index >= 15 is 0 Å². The van der Waals surface area contributed by atoms with E-state index in [2.05, 4.69) is 10.0 Å². The van der Waals surface area contributed by atoms with Crippen LogP contribution in [0.2, 0.25) is 0 Å². The average Bonchev–Trinajstić information content (AvgIpc) is 3.28. The van der Waals surface area contributed by atoms with E-state index in [9.17, 15) is 8.42 Å². The van der Waals surface area contributed by atoms with Gasteiger partial charge in [-0.2, -0.15) is 0 Å². The van der Waals surface area contributed by atoms with Crippen molar-refractivity contribution in [2.45, 2.75) is 55.3 Å². The number of hydrogen-bond donors (Lipinski definition) is 2. The van der Waals surface area contributed by atoms with Crippen molar-refractivity contribution in [1.29, 1.82) is 0 Å². The van der Waals surface area contributed by atoms with Crippen LogP contribution in [0.4, 0.5) is 0 Å². The summed E-state index contributed by atoms with van der Waals surface area (Å²) in [5, 5.41) is 3.45. The van der Waals surface area contributed by atoms with Crippen molar-refractivity contribution in [1.82, 2.24) is 10.0 Å². The third-order valence-corrected chi connectivity index (χ3v) is 7.15. The normalized spacial score (nSPS) is 21.1. The van der Waals surface area contributed by atoms with Crippen LogP contribution in [-0.4, -0.2) is 27.0 Å². The lowest BCUT2D eigenvalue weighted by Gasteiger charge is -2.11. The zero-order valence-electron chi connectivity index (χ0n) is 11.8. The minimum Gasteiger partial charge on any atom is -0.314 e. The van der Waals surface area contributed by atoms with Crippen LogP contribution in [0.5, 0.6) is 0 Å². The average molecular weight is 314 g/mol. The Hall–Kier alpha value is -0.430. The largest absolute Gasteiger partial charge is 0.314 e. The molecule has 20 heavy (non-hydrogen) atoms. The first-order chi connectivity index (χ1) is 9.54. The second kappa shape index (κ2) is 5.75. The monoisotopic (exact) mass is 314 g/mol. The van der Waals surface area contributed by atoms with Gasteiger partial charge < -0.3 is 5.32 Å². The van der Waals surface area contributed by atoms with Crippen molar-refractivity contribution in [2.75, 3.05) is 6.54 Å². The van der Waals surface area contributed by atoms with E-state index in [1.807, 2.05) is 13.0 Å². The number of hydrogen-bond acceptors (Lipinski definition) is 4. The van der Waals surface area contributed by atoms with Crippen LogP contribution in [-0.2, 0) is 16.4 Å². The Morgan fingerprint density at radius 1 is 1.30 bits per heavy atom. The lowest BCUT2D eigenvalue weighted by Crippen LogP contribution is -2.33. The number of thiophene rings is 1. The van der Waals surface area contributed by atoms with Crippen molar-refractivity contribution in [3.8, 4) is 0 Å². The second-order valence-corrected chi connectivity index (χ2v) is 9.06. The van der Waals surface area contributed by atoms with Crippen molar-refractivity contribution in [3.63, 3.8) is 0 Å². The third kappa shape index (κ3) is 3.81. The molecule has 3 rings (SSSR count). The Morgan fingerprint density at radius 2 is 2.05 bits per heavy atom. The second-order valence-electron chi connectivity index (χ2n) is 5.95. The van der Waals surface area contributed by atoms with Gasteiger partial charge in [0.05, 0.1) is 0 Å². The topological polar surface area (TPSA) is 58.2 Å². The standard InChI is InChI=1S/C14H22N2O2S2/c1-10(11-2-3-11)16-20(17,18)14-7-6-13(19-14)8-9-15-12-4-5-12/h6-7,10-12,15-16H,2-5,8-9H2,1H3. The molecule has 0 radical (unpaired) electrons. The molecule has 0 aliphatic heterocycles. The van der Waals surface area contributed by atoms with Crippen LogP contribution in [0.25, 0.3) is 0 Å². The van der Waals surface area contributed by atoms with Gasteiger partial charge in [-0.25, -0.2) is 13.1 Å². The summed E-state index contributed by atoms with van der Waals surface area (Å²) >= 11 is 1.40. The molecule has 1 aromatic heterocycles. The van der Waals surface area contributed by atoms with Crippen molar-refractivity contribution in [3.05, 3.63) is 17.0 Å². The van der Waals surface area contributed by atoms with E-state index < -0.39 is 10.0 Å². The van der Waals surface area contributed by atoms with E-state index in [1.54, 1.807) is 6.07 Å². The Bertz CT molecular complexity index is 559. The third-order valence-electron chi connectivity index (χ3n) is 3.95. The summed E-state index contributed by atoms with van der Waals surface area (Å²) in [4.78, 5) is 1.14. The van der Waals surface area contributed by atoms with Gasteiger partial charge >= 0.3 is 0 Å². The first-order valence-electron chi connectivity index (χ1n) is 7.39. The molecule has 1 unspecified atom stereocenters. The van der Waals surface area contributed by atoms with Gasteiger partial charge in [0.1, 0.15) is 4.21 Å². The van der Waals surface area contributed by atoms with Gasteiger partial charge in [0, 0.05) is 23.5 Å². The van der Waals surface area contributed by atoms with E-state index in [1.165, 1.54) is 24.2 Å². The molecule has 2 aliphatic carbocycles. The lowest BCUT2D eigenvalue weighted by atomic mass is 10.2. The fourth-order valence-corrected chi connectivity index (χ4v) is 5.00. The van der Waals surface area contributed by atoms with Crippen LogP contribution in [0, 0.1) is 5.92 Å². The Morgan fingerprint density at radius 3 is 2.70 bits per heavy atom. The maximum Gasteiger partial charge on any atom is 0.250 e. The molecular formula is C14H22N2O2S2. The summed E-state index contributed by atoms with van der Waals surface area (Å²) in [5.41, 5.74) is 0. The fourth-order valence-electron chi connectivity index (χ4n) is 2.32. The number of sulfonamides is 1. The highest BCUT2D eigenvalue weighted by atomic mass is 32.2. The summed E-state index contributed by atoms with van der Waals surface area (Å²) < 4.78 is 27.8. The van der Waals surface area contributed by atoms with Gasteiger partial charge in [0.25, 0.3) is 0 Å². The molecule has 6 heteroatoms. The van der Waals surface area contributed by atoms with E-state index in [4.69, 9.17) is 0 Å². The summed E-state index contributed by atoms with van der Waals surface area (Å²) in [6.45, 7) is 2.90. The first kappa shape index (κ1) is 14.5. The Balaban J connectivity index is 1.56. The lowest BCUT2D eigenvalue weighted by molar-refractivity contribution is 0.539. The molecule has 1 heterocycles. The Labute approximate surface area is 125 Å². The molecule has 4 nitrogen and oxygen atoms in total. The molecule has 2 aliphatic rings. The molecule has 2 saturated carbocycles. The van der Waals surface area contributed by atoms with Gasteiger partial charge in [-0.3, -0.25) is 0 Å². The molecule has 0 bridgehead atoms. The molecule has 2 fully saturated rings. The van der Waals surface area contributed by atoms with Crippen LogP contribution >= 0.6 is 11.3 Å². The van der Waals surface area contributed by atoms with E-state index in [-0.39, 0.29) is 6.04 Å². The van der Waals surface area contributed by atoms with Crippen molar-refractivity contribution in [2.24, 2.45) is 5.92 Å². The van der Waals surface area contributed by atoms with Gasteiger partial charge in [0.2, 0.25) is 10.0 Å². The van der Waals surface area contributed by atoms with Gasteiger partial charge in [0.15, 0.2) is 0 Å². The molecule has 1 atom stereocenters. The van der Waals surface area contributed by atoms with Gasteiger partial charge in [-0.05, 0) is 57.1 Å². The predicted octanol–water partition coefficient (Wildman–Crippen LogP) is 2.12. The summed E-state index contributed by atoms with van der Waals surface area (Å²) in [7, 11) is -3.32. The molecule has 0 aromatic carbocycles. The van der Waals surface area contributed by atoms with Gasteiger partial charge in [-0.1, -0.05) is 0 Å². The van der Waals surface area contributed by atoms with Crippen LogP contribution in [0.3, 0.4) is 0 Å². The molecule has 1 aromatic rings. The van der Waals surface area contributed by atoms with E-state index in [0.29, 0.717) is 16.2 Å². The molecular weight excluding hydrogens is 292 g/mol. The predicted molar refractivity (Wildman–Crippen MR) is 81.6 cm³/mol. The highest BCUT2D eigenvalue weighted by Crippen LogP contribution is 2.33. The highest BCUT2D eigenvalue weighted by molar-refractivity contribution is 7.91. The quantitative estimate of drug-likeness (QED) is 0.773. The number of nitrogens with one attached hydrogen (secondary N) is 2. The summed E-state index contributed by atoms with van der Waals surface area (Å²) in [6.07, 6.45) is 5.77. The molecule has 112 valence electrons. The smallest absolute Gasteiger partial charge is 0.250 e. The zero-order chi connectivity index (χ0) is 14.2. The molecule has 0 amide bonds. The van der Waals surface area contributed by atoms with Crippen molar-refractivity contribution >= 4 is 21.4 Å². The van der Waals surface area contributed by atoms with Crippen LogP contribution < -0.4 is 10.0 Å². The minimum atomic E-state index is -3.32. The maximum atomic E-state index is 12.3. The number of rotatable bonds is 8. The van der Waals surface area contributed by atoms with Gasteiger partial charge in [-0.15, -0.1) is 11.3 Å². The fraction of sp³-hybridized carbons (Fsp3) is 0.714.